The highest BCUT2D eigenvalue weighted by atomic mass is 16.5. The predicted molar refractivity (Wildman–Crippen MR) is 104 cm³/mol. The van der Waals surface area contributed by atoms with Gasteiger partial charge < -0.3 is 20.1 Å². The molecule has 0 heterocycles. The van der Waals surface area contributed by atoms with E-state index in [2.05, 4.69) is 13.8 Å². The Morgan fingerprint density at radius 1 is 1.25 bits per heavy atom. The highest BCUT2D eigenvalue weighted by molar-refractivity contribution is 5.85. The van der Waals surface area contributed by atoms with E-state index in [1.807, 2.05) is 0 Å². The Hall–Kier alpha value is -2.24. The van der Waals surface area contributed by atoms with Gasteiger partial charge in [-0.15, -0.1) is 0 Å². The Morgan fingerprint density at radius 3 is 2.54 bits per heavy atom. The number of aromatic hydroxyl groups is 2. The molecule has 0 amide bonds. The Kier molecular flexibility index (Phi) is 5.11. The third kappa shape index (κ3) is 3.03. The van der Waals surface area contributed by atoms with Gasteiger partial charge in [-0.3, -0.25) is 9.59 Å². The molecule has 1 fully saturated rings. The predicted octanol–water partition coefficient (Wildman–Crippen LogP) is 3.86. The van der Waals surface area contributed by atoms with E-state index in [0.717, 1.165) is 24.8 Å². The average molecular weight is 390 g/mol. The quantitative estimate of drug-likeness (QED) is 0.533. The fourth-order valence-corrected chi connectivity index (χ4v) is 5.58. The average Bonchev–Trinajstić information content (AvgIpc) is 2.61. The van der Waals surface area contributed by atoms with Gasteiger partial charge in [0.15, 0.2) is 11.5 Å². The monoisotopic (exact) mass is 390 g/mol. The number of ether oxygens (including phenoxy) is 1. The van der Waals surface area contributed by atoms with Crippen LogP contribution in [-0.2, 0) is 26.2 Å². The van der Waals surface area contributed by atoms with E-state index in [1.165, 1.54) is 6.92 Å². The number of phenols is 2. The summed E-state index contributed by atoms with van der Waals surface area (Å²) < 4.78 is 5.04. The van der Waals surface area contributed by atoms with Gasteiger partial charge in [0, 0.05) is 24.0 Å². The van der Waals surface area contributed by atoms with Crippen LogP contribution in [0, 0.1) is 11.3 Å². The van der Waals surface area contributed by atoms with Gasteiger partial charge in [-0.05, 0) is 42.6 Å². The zero-order valence-electron chi connectivity index (χ0n) is 17.0. The number of rotatable bonds is 4. The van der Waals surface area contributed by atoms with Crippen LogP contribution in [0.2, 0.25) is 0 Å². The van der Waals surface area contributed by atoms with Crippen molar-refractivity contribution in [3.05, 3.63) is 22.8 Å². The Balaban J connectivity index is 2.14. The molecule has 1 aromatic carbocycles. The number of esters is 1. The van der Waals surface area contributed by atoms with Crippen LogP contribution in [0.3, 0.4) is 0 Å². The molecule has 154 valence electrons. The van der Waals surface area contributed by atoms with Crippen LogP contribution in [0.25, 0.3) is 0 Å². The van der Waals surface area contributed by atoms with E-state index in [4.69, 9.17) is 4.74 Å². The zero-order valence-corrected chi connectivity index (χ0v) is 17.0. The molecular weight excluding hydrogens is 360 g/mol. The fraction of sp³-hybridized carbons (Fsp3) is 0.636. The third-order valence-electron chi connectivity index (χ3n) is 6.91. The molecule has 6 heteroatoms. The SMILES string of the molecule is CC(=O)OCC(C)c1cc2c(c(O)c1O)C1(C(=O)O)CCCC(C)(C)C1CC2. The molecule has 6 nitrogen and oxygen atoms in total. The van der Waals surface area contributed by atoms with E-state index in [-0.39, 0.29) is 35.4 Å². The first-order valence-corrected chi connectivity index (χ1v) is 9.97. The maximum absolute atomic E-state index is 12.6. The molecule has 3 rings (SSSR count). The molecule has 0 saturated heterocycles. The summed E-state index contributed by atoms with van der Waals surface area (Å²) in [5.41, 5.74) is 0.291. The van der Waals surface area contributed by atoms with E-state index in [0.29, 0.717) is 24.0 Å². The van der Waals surface area contributed by atoms with Crippen LogP contribution >= 0.6 is 0 Å². The van der Waals surface area contributed by atoms with Crippen molar-refractivity contribution in [2.75, 3.05) is 6.61 Å². The lowest BCUT2D eigenvalue weighted by molar-refractivity contribution is -0.153. The van der Waals surface area contributed by atoms with Crippen LogP contribution in [0.1, 0.15) is 76.0 Å². The van der Waals surface area contributed by atoms with E-state index >= 15 is 0 Å². The number of hydrogen-bond acceptors (Lipinski definition) is 5. The second-order valence-corrected chi connectivity index (χ2v) is 9.11. The second-order valence-electron chi connectivity index (χ2n) is 9.11. The van der Waals surface area contributed by atoms with Gasteiger partial charge in [0.05, 0.1) is 12.0 Å². The second kappa shape index (κ2) is 6.98. The molecule has 0 radical (unpaired) electrons. The Labute approximate surface area is 165 Å². The zero-order chi connectivity index (χ0) is 20.9. The lowest BCUT2D eigenvalue weighted by Crippen LogP contribution is -2.54. The summed E-state index contributed by atoms with van der Waals surface area (Å²) in [6, 6.07) is 1.79. The van der Waals surface area contributed by atoms with Crippen LogP contribution in [0.4, 0.5) is 0 Å². The van der Waals surface area contributed by atoms with Crippen LogP contribution in [0.5, 0.6) is 11.5 Å². The number of benzene rings is 1. The molecule has 1 saturated carbocycles. The van der Waals surface area contributed by atoms with E-state index in [1.54, 1.807) is 13.0 Å². The summed E-state index contributed by atoms with van der Waals surface area (Å²) >= 11 is 0. The van der Waals surface area contributed by atoms with Gasteiger partial charge in [-0.2, -0.15) is 0 Å². The van der Waals surface area contributed by atoms with Crippen molar-refractivity contribution in [2.45, 2.75) is 71.1 Å². The summed E-state index contributed by atoms with van der Waals surface area (Å²) in [5, 5.41) is 32.0. The van der Waals surface area contributed by atoms with Crippen LogP contribution < -0.4 is 0 Å². The molecule has 0 spiro atoms. The maximum Gasteiger partial charge on any atom is 0.314 e. The smallest absolute Gasteiger partial charge is 0.314 e. The molecule has 3 N–H and O–H groups in total. The minimum Gasteiger partial charge on any atom is -0.504 e. The Bertz CT molecular complexity index is 812. The number of aryl methyl sites for hydroxylation is 1. The van der Waals surface area contributed by atoms with Gasteiger partial charge in [0.1, 0.15) is 0 Å². The van der Waals surface area contributed by atoms with Crippen molar-refractivity contribution < 1.29 is 29.6 Å². The highest BCUT2D eigenvalue weighted by Gasteiger charge is 2.58. The summed E-state index contributed by atoms with van der Waals surface area (Å²) in [6.07, 6.45) is 3.55. The van der Waals surface area contributed by atoms with E-state index in [9.17, 15) is 24.9 Å². The minimum absolute atomic E-state index is 0.0842. The van der Waals surface area contributed by atoms with Crippen molar-refractivity contribution in [3.8, 4) is 11.5 Å². The molecule has 28 heavy (non-hydrogen) atoms. The number of carboxylic acid groups (broad SMARTS) is 1. The van der Waals surface area contributed by atoms with Crippen LogP contribution in [-0.4, -0.2) is 33.9 Å². The van der Waals surface area contributed by atoms with Crippen molar-refractivity contribution in [3.63, 3.8) is 0 Å². The van der Waals surface area contributed by atoms with Gasteiger partial charge in [-0.1, -0.05) is 33.3 Å². The number of hydrogen-bond donors (Lipinski definition) is 3. The minimum atomic E-state index is -1.19. The largest absolute Gasteiger partial charge is 0.504 e. The molecule has 1 aromatic rings. The van der Waals surface area contributed by atoms with Crippen molar-refractivity contribution in [1.82, 2.24) is 0 Å². The summed E-state index contributed by atoms with van der Waals surface area (Å²) in [6.45, 7) is 7.41. The van der Waals surface area contributed by atoms with Crippen molar-refractivity contribution in [1.29, 1.82) is 0 Å². The number of fused-ring (bicyclic) bond motifs is 3. The van der Waals surface area contributed by atoms with Gasteiger partial charge in [-0.25, -0.2) is 0 Å². The lowest BCUT2D eigenvalue weighted by Gasteiger charge is -2.53. The number of phenolic OH excluding ortho intramolecular Hbond substituents is 2. The molecule has 0 aliphatic heterocycles. The molecule has 2 aliphatic rings. The van der Waals surface area contributed by atoms with Gasteiger partial charge in [0.25, 0.3) is 0 Å². The lowest BCUT2D eigenvalue weighted by atomic mass is 9.49. The summed E-state index contributed by atoms with van der Waals surface area (Å²) in [5.74, 6) is -2.39. The fourth-order valence-electron chi connectivity index (χ4n) is 5.58. The number of carboxylic acids is 1. The number of carbonyl (C=O) groups excluding carboxylic acids is 1. The molecule has 0 bridgehead atoms. The van der Waals surface area contributed by atoms with Crippen LogP contribution in [0.15, 0.2) is 6.07 Å². The van der Waals surface area contributed by atoms with Crippen molar-refractivity contribution in [2.24, 2.45) is 11.3 Å². The highest BCUT2D eigenvalue weighted by Crippen LogP contribution is 2.60. The first kappa shape index (κ1) is 20.5. The number of aliphatic carboxylic acids is 1. The first-order chi connectivity index (χ1) is 13.0. The standard InChI is InChI=1S/C22H30O6/c1-12(11-28-13(2)23)15-10-14-6-7-16-21(3,4)8-5-9-22(16,20(26)27)17(14)19(25)18(15)24/h10,12,16,24-25H,5-9,11H2,1-4H3,(H,26,27). The molecule has 3 atom stereocenters. The number of carbonyl (C=O) groups is 2. The first-order valence-electron chi connectivity index (χ1n) is 9.97. The summed E-state index contributed by atoms with van der Waals surface area (Å²) in [7, 11) is 0. The maximum atomic E-state index is 12.6. The molecule has 3 unspecified atom stereocenters. The third-order valence-corrected chi connectivity index (χ3v) is 6.91. The van der Waals surface area contributed by atoms with E-state index < -0.39 is 17.4 Å². The molecule has 0 aromatic heterocycles. The Morgan fingerprint density at radius 2 is 1.93 bits per heavy atom. The van der Waals surface area contributed by atoms with Gasteiger partial charge >= 0.3 is 11.9 Å². The molecular formula is C22H30O6. The van der Waals surface area contributed by atoms with Gasteiger partial charge in [0.2, 0.25) is 0 Å². The normalized spacial score (nSPS) is 26.6. The topological polar surface area (TPSA) is 104 Å². The summed E-state index contributed by atoms with van der Waals surface area (Å²) in [4.78, 5) is 23.7. The molecule has 2 aliphatic carbocycles. The van der Waals surface area contributed by atoms with Crippen molar-refractivity contribution >= 4 is 11.9 Å².